The third-order valence-electron chi connectivity index (χ3n) is 2.82. The van der Waals surface area contributed by atoms with Gasteiger partial charge in [-0.1, -0.05) is 30.3 Å². The van der Waals surface area contributed by atoms with Crippen molar-refractivity contribution in [3.63, 3.8) is 0 Å². The summed E-state index contributed by atoms with van der Waals surface area (Å²) < 4.78 is 0. The van der Waals surface area contributed by atoms with Gasteiger partial charge in [-0.15, -0.1) is 0 Å². The van der Waals surface area contributed by atoms with Crippen molar-refractivity contribution < 1.29 is 0 Å². The maximum atomic E-state index is 3.21. The number of rotatable bonds is 4. The Morgan fingerprint density at radius 1 is 1.06 bits per heavy atom. The van der Waals surface area contributed by atoms with Crippen molar-refractivity contribution in [2.45, 2.75) is 20.4 Å². The average molecular weight is 229 g/mol. The lowest BCUT2D eigenvalue weighted by Gasteiger charge is -2.29. The van der Waals surface area contributed by atoms with Crippen LogP contribution in [0.25, 0.3) is 0 Å². The Labute approximate surface area is 103 Å². The first-order valence-corrected chi connectivity index (χ1v) is 5.99. The molecule has 3 heteroatoms. The molecule has 0 saturated heterocycles. The van der Waals surface area contributed by atoms with Crippen LogP contribution in [-0.2, 0) is 6.54 Å². The molecule has 3 nitrogen and oxygen atoms in total. The highest BCUT2D eigenvalue weighted by molar-refractivity contribution is 5.20. The van der Waals surface area contributed by atoms with E-state index < -0.39 is 0 Å². The standard InChI is InChI=1S/C14H19N3/c1-3-17(11-13-7-5-4-6-8-13)14-10-9-12(2)15-16-14/h4-10,15-16H,3,11H2,1-2H3. The highest BCUT2D eigenvalue weighted by Gasteiger charge is 2.09. The van der Waals surface area contributed by atoms with Crippen LogP contribution in [0.1, 0.15) is 19.4 Å². The highest BCUT2D eigenvalue weighted by atomic mass is 15.4. The zero-order valence-corrected chi connectivity index (χ0v) is 10.4. The fourth-order valence-corrected chi connectivity index (χ4v) is 1.81. The molecule has 0 bridgehead atoms. The highest BCUT2D eigenvalue weighted by Crippen LogP contribution is 2.10. The van der Waals surface area contributed by atoms with Gasteiger partial charge in [0.1, 0.15) is 5.82 Å². The molecule has 0 fully saturated rings. The van der Waals surface area contributed by atoms with Gasteiger partial charge in [-0.3, -0.25) is 5.43 Å². The molecule has 0 aliphatic carbocycles. The van der Waals surface area contributed by atoms with E-state index in [0.29, 0.717) is 0 Å². The summed E-state index contributed by atoms with van der Waals surface area (Å²) in [6, 6.07) is 10.5. The lowest BCUT2D eigenvalue weighted by Crippen LogP contribution is -2.40. The molecular weight excluding hydrogens is 210 g/mol. The zero-order chi connectivity index (χ0) is 12.1. The van der Waals surface area contributed by atoms with E-state index in [4.69, 9.17) is 0 Å². The van der Waals surface area contributed by atoms with E-state index in [2.05, 4.69) is 59.1 Å². The van der Waals surface area contributed by atoms with Crippen LogP contribution in [0.15, 0.2) is 54.0 Å². The Kier molecular flexibility index (Phi) is 3.70. The van der Waals surface area contributed by atoms with Crippen LogP contribution in [0.2, 0.25) is 0 Å². The molecule has 90 valence electrons. The summed E-state index contributed by atoms with van der Waals surface area (Å²) in [6.45, 7) is 6.09. The molecular formula is C14H19N3. The molecule has 2 N–H and O–H groups in total. The van der Waals surface area contributed by atoms with E-state index in [1.807, 2.05) is 13.0 Å². The Morgan fingerprint density at radius 3 is 2.41 bits per heavy atom. The van der Waals surface area contributed by atoms with Gasteiger partial charge in [0.05, 0.1) is 0 Å². The molecule has 1 aliphatic rings. The fourth-order valence-electron chi connectivity index (χ4n) is 1.81. The third kappa shape index (κ3) is 3.03. The van der Waals surface area contributed by atoms with Crippen molar-refractivity contribution in [2.75, 3.05) is 6.54 Å². The first-order valence-electron chi connectivity index (χ1n) is 5.99. The molecule has 2 rings (SSSR count). The summed E-state index contributed by atoms with van der Waals surface area (Å²) in [7, 11) is 0. The van der Waals surface area contributed by atoms with Crippen LogP contribution in [0, 0.1) is 0 Å². The van der Waals surface area contributed by atoms with Gasteiger partial charge < -0.3 is 10.3 Å². The van der Waals surface area contributed by atoms with Gasteiger partial charge in [0.2, 0.25) is 0 Å². The van der Waals surface area contributed by atoms with Gasteiger partial charge in [0.15, 0.2) is 0 Å². The summed E-state index contributed by atoms with van der Waals surface area (Å²) in [5.74, 6) is 1.11. The van der Waals surface area contributed by atoms with Crippen molar-refractivity contribution in [3.8, 4) is 0 Å². The molecule has 0 spiro atoms. The summed E-state index contributed by atoms with van der Waals surface area (Å²) in [6.07, 6.45) is 4.19. The number of benzene rings is 1. The van der Waals surface area contributed by atoms with Crippen molar-refractivity contribution in [1.82, 2.24) is 15.8 Å². The van der Waals surface area contributed by atoms with Crippen molar-refractivity contribution in [2.24, 2.45) is 0 Å². The topological polar surface area (TPSA) is 27.3 Å². The monoisotopic (exact) mass is 229 g/mol. The van der Waals surface area contributed by atoms with Crippen LogP contribution in [0.4, 0.5) is 0 Å². The zero-order valence-electron chi connectivity index (χ0n) is 10.4. The number of nitrogens with one attached hydrogen (secondary N) is 2. The fraction of sp³-hybridized carbons (Fsp3) is 0.286. The second-order valence-electron chi connectivity index (χ2n) is 4.15. The molecule has 0 atom stereocenters. The lowest BCUT2D eigenvalue weighted by molar-refractivity contribution is 0.316. The van der Waals surface area contributed by atoms with Crippen LogP contribution in [-0.4, -0.2) is 11.4 Å². The number of hydrazine groups is 1. The molecule has 1 aromatic rings. The largest absolute Gasteiger partial charge is 0.353 e. The predicted molar refractivity (Wildman–Crippen MR) is 70.6 cm³/mol. The normalized spacial score (nSPS) is 14.2. The van der Waals surface area contributed by atoms with Crippen molar-refractivity contribution in [1.29, 1.82) is 0 Å². The maximum Gasteiger partial charge on any atom is 0.120 e. The minimum Gasteiger partial charge on any atom is -0.353 e. The Hall–Kier alpha value is -1.90. The SMILES string of the molecule is CCN(Cc1ccccc1)C1=CC=C(C)NN1. The van der Waals surface area contributed by atoms with Crippen molar-refractivity contribution >= 4 is 0 Å². The quantitative estimate of drug-likeness (QED) is 0.830. The first-order chi connectivity index (χ1) is 8.29. The first kappa shape index (κ1) is 11.6. The summed E-state index contributed by atoms with van der Waals surface area (Å²) >= 11 is 0. The van der Waals surface area contributed by atoms with E-state index in [1.165, 1.54) is 5.56 Å². The molecule has 1 aliphatic heterocycles. The second kappa shape index (κ2) is 5.43. The smallest absolute Gasteiger partial charge is 0.120 e. The van der Waals surface area contributed by atoms with Crippen molar-refractivity contribution in [3.05, 3.63) is 59.6 Å². The molecule has 1 heterocycles. The molecule has 0 unspecified atom stereocenters. The Morgan fingerprint density at radius 2 is 1.82 bits per heavy atom. The average Bonchev–Trinajstić information content (AvgIpc) is 2.38. The van der Waals surface area contributed by atoms with Crippen LogP contribution in [0.5, 0.6) is 0 Å². The van der Waals surface area contributed by atoms with Gasteiger partial charge in [-0.2, -0.15) is 0 Å². The Balaban J connectivity index is 2.07. The minimum absolute atomic E-state index is 0.921. The number of allylic oxidation sites excluding steroid dienone is 3. The van der Waals surface area contributed by atoms with Crippen LogP contribution in [0.3, 0.4) is 0 Å². The van der Waals surface area contributed by atoms with E-state index in [9.17, 15) is 0 Å². The molecule has 1 aromatic carbocycles. The van der Waals surface area contributed by atoms with Crippen LogP contribution < -0.4 is 10.9 Å². The van der Waals surface area contributed by atoms with E-state index in [1.54, 1.807) is 0 Å². The maximum absolute atomic E-state index is 3.21. The lowest BCUT2D eigenvalue weighted by atomic mass is 10.2. The number of nitrogens with zero attached hydrogens (tertiary/aromatic N) is 1. The van der Waals surface area contributed by atoms with Gasteiger partial charge in [0, 0.05) is 18.8 Å². The molecule has 0 radical (unpaired) electrons. The summed E-state index contributed by atoms with van der Waals surface area (Å²) in [4.78, 5) is 2.30. The number of hydrogen-bond donors (Lipinski definition) is 2. The molecule has 0 saturated carbocycles. The van der Waals surface area contributed by atoms with Gasteiger partial charge >= 0.3 is 0 Å². The van der Waals surface area contributed by atoms with Crippen LogP contribution >= 0.6 is 0 Å². The number of hydrogen-bond acceptors (Lipinski definition) is 3. The second-order valence-corrected chi connectivity index (χ2v) is 4.15. The van der Waals surface area contributed by atoms with E-state index in [0.717, 1.165) is 24.6 Å². The molecule has 0 amide bonds. The van der Waals surface area contributed by atoms with Gasteiger partial charge in [-0.05, 0) is 31.6 Å². The third-order valence-corrected chi connectivity index (χ3v) is 2.82. The van der Waals surface area contributed by atoms with E-state index >= 15 is 0 Å². The predicted octanol–water partition coefficient (Wildman–Crippen LogP) is 2.36. The van der Waals surface area contributed by atoms with E-state index in [-0.39, 0.29) is 0 Å². The molecule has 17 heavy (non-hydrogen) atoms. The summed E-state index contributed by atoms with van der Waals surface area (Å²) in [5.41, 5.74) is 8.79. The Bertz CT molecular complexity index is 420. The van der Waals surface area contributed by atoms with Gasteiger partial charge in [0.25, 0.3) is 0 Å². The van der Waals surface area contributed by atoms with Gasteiger partial charge in [-0.25, -0.2) is 0 Å². The molecule has 0 aromatic heterocycles. The minimum atomic E-state index is 0.921. The summed E-state index contributed by atoms with van der Waals surface area (Å²) in [5, 5.41) is 0.